The van der Waals surface area contributed by atoms with E-state index in [4.69, 9.17) is 10.5 Å². The van der Waals surface area contributed by atoms with Crippen molar-refractivity contribution >= 4 is 5.91 Å². The highest BCUT2D eigenvalue weighted by atomic mass is 16.5. The molecule has 0 bridgehead atoms. The number of carbonyl (C=O) groups is 1. The van der Waals surface area contributed by atoms with Crippen LogP contribution in [0.4, 0.5) is 0 Å². The summed E-state index contributed by atoms with van der Waals surface area (Å²) in [5, 5.41) is 0. The molecule has 0 unspecified atom stereocenters. The summed E-state index contributed by atoms with van der Waals surface area (Å²) < 4.78 is 5.37. The minimum atomic E-state index is 0.110. The molecule has 2 fully saturated rings. The van der Waals surface area contributed by atoms with Crippen molar-refractivity contribution < 1.29 is 9.53 Å². The molecule has 0 radical (unpaired) electrons. The van der Waals surface area contributed by atoms with Gasteiger partial charge in [-0.15, -0.1) is 0 Å². The molecule has 0 saturated carbocycles. The molecule has 1 aromatic rings. The quantitative estimate of drug-likeness (QED) is 0.908. The van der Waals surface area contributed by atoms with E-state index in [1.165, 1.54) is 5.56 Å². The molecule has 3 rings (SSSR count). The van der Waals surface area contributed by atoms with Crippen LogP contribution in [0.2, 0.25) is 0 Å². The van der Waals surface area contributed by atoms with Gasteiger partial charge in [-0.2, -0.15) is 0 Å². The number of likely N-dealkylation sites (tertiary alicyclic amines) is 1. The van der Waals surface area contributed by atoms with Crippen LogP contribution >= 0.6 is 0 Å². The fourth-order valence-electron chi connectivity index (χ4n) is 3.20. The zero-order valence-corrected chi connectivity index (χ0v) is 13.0. The number of benzene rings is 1. The van der Waals surface area contributed by atoms with Gasteiger partial charge < -0.3 is 15.4 Å². The van der Waals surface area contributed by atoms with Crippen molar-refractivity contribution in [2.75, 3.05) is 39.4 Å². The largest absolute Gasteiger partial charge is 0.379 e. The summed E-state index contributed by atoms with van der Waals surface area (Å²) in [5.74, 6) is 0.110. The minimum absolute atomic E-state index is 0.110. The Morgan fingerprint density at radius 2 is 2.09 bits per heavy atom. The number of piperidine rings is 1. The Kier molecular flexibility index (Phi) is 5.08. The van der Waals surface area contributed by atoms with E-state index in [0.717, 1.165) is 57.8 Å². The summed E-state index contributed by atoms with van der Waals surface area (Å²) in [6.45, 7) is 5.88. The number of nitrogens with two attached hydrogens (primary N) is 1. The third-order valence-corrected chi connectivity index (χ3v) is 4.43. The molecule has 2 saturated heterocycles. The second-order valence-electron chi connectivity index (χ2n) is 6.24. The van der Waals surface area contributed by atoms with Gasteiger partial charge in [0.1, 0.15) is 0 Å². The molecule has 0 spiro atoms. The van der Waals surface area contributed by atoms with Crippen LogP contribution in [0.15, 0.2) is 24.3 Å². The fourth-order valence-corrected chi connectivity index (χ4v) is 3.20. The molecule has 2 N–H and O–H groups in total. The van der Waals surface area contributed by atoms with Crippen LogP contribution in [0.5, 0.6) is 0 Å². The second kappa shape index (κ2) is 7.22. The molecule has 120 valence electrons. The van der Waals surface area contributed by atoms with Gasteiger partial charge in [-0.25, -0.2) is 0 Å². The van der Waals surface area contributed by atoms with Crippen LogP contribution in [-0.2, 0) is 11.3 Å². The van der Waals surface area contributed by atoms with Gasteiger partial charge >= 0.3 is 0 Å². The van der Waals surface area contributed by atoms with Crippen molar-refractivity contribution in [1.29, 1.82) is 0 Å². The molecule has 0 aromatic heterocycles. The lowest BCUT2D eigenvalue weighted by Gasteiger charge is -2.31. The van der Waals surface area contributed by atoms with E-state index in [-0.39, 0.29) is 11.9 Å². The molecule has 1 atom stereocenters. The summed E-state index contributed by atoms with van der Waals surface area (Å²) in [4.78, 5) is 16.9. The predicted octanol–water partition coefficient (Wildman–Crippen LogP) is 1.08. The Morgan fingerprint density at radius 3 is 2.86 bits per heavy atom. The first kappa shape index (κ1) is 15.5. The summed E-state index contributed by atoms with van der Waals surface area (Å²) in [6, 6.07) is 8.12. The van der Waals surface area contributed by atoms with Crippen molar-refractivity contribution in [3.8, 4) is 0 Å². The zero-order valence-electron chi connectivity index (χ0n) is 13.0. The summed E-state index contributed by atoms with van der Waals surface area (Å²) in [5.41, 5.74) is 7.95. The van der Waals surface area contributed by atoms with Crippen molar-refractivity contribution in [1.82, 2.24) is 9.80 Å². The monoisotopic (exact) mass is 303 g/mol. The topological polar surface area (TPSA) is 58.8 Å². The molecule has 22 heavy (non-hydrogen) atoms. The van der Waals surface area contributed by atoms with Gasteiger partial charge in [-0.05, 0) is 30.5 Å². The standard InChI is InChI=1S/C17H25N3O2/c18-16-5-2-6-20(13-16)17(21)15-4-1-3-14(11-15)12-19-7-9-22-10-8-19/h1,3-4,11,16H,2,5-10,12-13,18H2/t16-/m0/s1. The average molecular weight is 303 g/mol. The highest BCUT2D eigenvalue weighted by Gasteiger charge is 2.22. The van der Waals surface area contributed by atoms with E-state index in [2.05, 4.69) is 11.0 Å². The van der Waals surface area contributed by atoms with E-state index >= 15 is 0 Å². The molecule has 2 aliphatic rings. The average Bonchev–Trinajstić information content (AvgIpc) is 2.55. The van der Waals surface area contributed by atoms with Gasteiger partial charge in [-0.1, -0.05) is 12.1 Å². The Balaban J connectivity index is 1.66. The maximum atomic E-state index is 12.6. The SMILES string of the molecule is N[C@H]1CCCN(C(=O)c2cccc(CN3CCOCC3)c2)C1. The van der Waals surface area contributed by atoms with Crippen molar-refractivity contribution in [2.24, 2.45) is 5.73 Å². The zero-order chi connectivity index (χ0) is 15.4. The van der Waals surface area contributed by atoms with E-state index in [9.17, 15) is 4.79 Å². The number of hydrogen-bond donors (Lipinski definition) is 1. The van der Waals surface area contributed by atoms with Crippen molar-refractivity contribution in [2.45, 2.75) is 25.4 Å². The van der Waals surface area contributed by atoms with E-state index in [1.807, 2.05) is 23.1 Å². The van der Waals surface area contributed by atoms with Crippen molar-refractivity contribution in [3.63, 3.8) is 0 Å². The third-order valence-electron chi connectivity index (χ3n) is 4.43. The van der Waals surface area contributed by atoms with Crippen LogP contribution in [-0.4, -0.2) is 61.1 Å². The lowest BCUT2D eigenvalue weighted by atomic mass is 10.0. The van der Waals surface area contributed by atoms with Crippen molar-refractivity contribution in [3.05, 3.63) is 35.4 Å². The van der Waals surface area contributed by atoms with Gasteiger partial charge in [0.05, 0.1) is 13.2 Å². The Bertz CT molecular complexity index is 514. The maximum Gasteiger partial charge on any atom is 0.253 e. The number of nitrogens with zero attached hydrogens (tertiary/aromatic N) is 2. The molecular weight excluding hydrogens is 278 g/mol. The Morgan fingerprint density at radius 1 is 1.27 bits per heavy atom. The summed E-state index contributed by atoms with van der Waals surface area (Å²) >= 11 is 0. The smallest absolute Gasteiger partial charge is 0.253 e. The summed E-state index contributed by atoms with van der Waals surface area (Å²) in [7, 11) is 0. The highest BCUT2D eigenvalue weighted by Crippen LogP contribution is 2.15. The molecule has 2 aliphatic heterocycles. The Hall–Kier alpha value is -1.43. The molecule has 0 aliphatic carbocycles. The molecule has 1 aromatic carbocycles. The number of morpholine rings is 1. The molecule has 1 amide bonds. The lowest BCUT2D eigenvalue weighted by molar-refractivity contribution is 0.0341. The first-order chi connectivity index (χ1) is 10.7. The molecular formula is C17H25N3O2. The highest BCUT2D eigenvalue weighted by molar-refractivity contribution is 5.94. The fraction of sp³-hybridized carbons (Fsp3) is 0.588. The van der Waals surface area contributed by atoms with E-state index < -0.39 is 0 Å². The van der Waals surface area contributed by atoms with Gasteiger partial charge in [0.15, 0.2) is 0 Å². The first-order valence-corrected chi connectivity index (χ1v) is 8.16. The van der Waals surface area contributed by atoms with E-state index in [1.54, 1.807) is 0 Å². The van der Waals surface area contributed by atoms with E-state index in [0.29, 0.717) is 6.54 Å². The van der Waals surface area contributed by atoms with Crippen LogP contribution < -0.4 is 5.73 Å². The first-order valence-electron chi connectivity index (χ1n) is 8.16. The number of rotatable bonds is 3. The van der Waals surface area contributed by atoms with Gasteiger partial charge in [0.25, 0.3) is 5.91 Å². The van der Waals surface area contributed by atoms with Crippen LogP contribution in [0.25, 0.3) is 0 Å². The number of amides is 1. The molecule has 2 heterocycles. The number of hydrogen-bond acceptors (Lipinski definition) is 4. The molecule has 5 heteroatoms. The number of carbonyl (C=O) groups excluding carboxylic acids is 1. The lowest BCUT2D eigenvalue weighted by Crippen LogP contribution is -2.45. The van der Waals surface area contributed by atoms with Gasteiger partial charge in [0.2, 0.25) is 0 Å². The number of ether oxygens (including phenoxy) is 1. The predicted molar refractivity (Wildman–Crippen MR) is 85.7 cm³/mol. The maximum absolute atomic E-state index is 12.6. The minimum Gasteiger partial charge on any atom is -0.379 e. The van der Waals surface area contributed by atoms with Crippen LogP contribution in [0.1, 0.15) is 28.8 Å². The summed E-state index contributed by atoms with van der Waals surface area (Å²) in [6.07, 6.45) is 2.02. The van der Waals surface area contributed by atoms with Gasteiger partial charge in [0, 0.05) is 44.3 Å². The Labute approximate surface area is 132 Å². The van der Waals surface area contributed by atoms with Crippen LogP contribution in [0, 0.1) is 0 Å². The second-order valence-corrected chi connectivity index (χ2v) is 6.24. The van der Waals surface area contributed by atoms with Gasteiger partial charge in [-0.3, -0.25) is 9.69 Å². The normalized spacial score (nSPS) is 23.5. The third kappa shape index (κ3) is 3.85. The molecule has 5 nitrogen and oxygen atoms in total. The van der Waals surface area contributed by atoms with Crippen LogP contribution in [0.3, 0.4) is 0 Å².